The molecule has 2 aromatic rings. The number of halogens is 3. The van der Waals surface area contributed by atoms with Crippen molar-refractivity contribution >= 4 is 29.1 Å². The predicted octanol–water partition coefficient (Wildman–Crippen LogP) is 2.82. The molecule has 7 nitrogen and oxygen atoms in total. The Kier molecular flexibility index (Phi) is 6.47. The molecular weight excluding hydrogens is 415 g/mol. The van der Waals surface area contributed by atoms with E-state index in [2.05, 4.69) is 10.6 Å². The summed E-state index contributed by atoms with van der Waals surface area (Å²) >= 11 is 0. The molecule has 1 unspecified atom stereocenters. The van der Waals surface area contributed by atoms with Gasteiger partial charge in [0, 0.05) is 24.3 Å². The number of methoxy groups -OCH3 is 1. The Morgan fingerprint density at radius 1 is 1.16 bits per heavy atom. The first-order valence-electron chi connectivity index (χ1n) is 9.36. The molecule has 0 aromatic heterocycles. The average molecular weight is 435 g/mol. The molecule has 0 bridgehead atoms. The fraction of sp³-hybridized carbons (Fsp3) is 0.286. The van der Waals surface area contributed by atoms with Gasteiger partial charge < -0.3 is 20.3 Å². The molecule has 164 valence electrons. The quantitative estimate of drug-likeness (QED) is 0.731. The topological polar surface area (TPSA) is 87.7 Å². The third-order valence-corrected chi connectivity index (χ3v) is 4.78. The number of hydrogen-bond donors (Lipinski definition) is 2. The molecule has 10 heteroatoms. The van der Waals surface area contributed by atoms with Crippen molar-refractivity contribution in [3.63, 3.8) is 0 Å². The second-order valence-electron chi connectivity index (χ2n) is 6.95. The van der Waals surface area contributed by atoms with E-state index in [4.69, 9.17) is 4.74 Å². The Balaban J connectivity index is 1.52. The van der Waals surface area contributed by atoms with Gasteiger partial charge in [-0.2, -0.15) is 13.2 Å². The number of anilines is 2. The number of nitrogens with one attached hydrogen (secondary N) is 2. The van der Waals surface area contributed by atoms with Crippen LogP contribution in [0.3, 0.4) is 0 Å². The third-order valence-electron chi connectivity index (χ3n) is 4.78. The van der Waals surface area contributed by atoms with Crippen LogP contribution in [-0.2, 0) is 20.6 Å². The third kappa shape index (κ3) is 5.53. The summed E-state index contributed by atoms with van der Waals surface area (Å²) in [5, 5.41) is 4.74. The van der Waals surface area contributed by atoms with Crippen LogP contribution in [0.15, 0.2) is 48.5 Å². The smallest absolute Gasteiger partial charge is 0.416 e. The first kappa shape index (κ1) is 22.1. The highest BCUT2D eigenvalue weighted by molar-refractivity contribution is 6.01. The average Bonchev–Trinajstić information content (AvgIpc) is 3.13. The number of rotatable bonds is 6. The van der Waals surface area contributed by atoms with Crippen LogP contribution in [0, 0.1) is 5.92 Å². The standard InChI is InChI=1S/C21H20F3N3O4/c1-31-17-7-5-16(6-8-17)27-12-13(9-19(27)29)20(30)25-11-18(28)26-15-4-2-3-14(10-15)21(22,23)24/h2-8,10,13H,9,11-12H2,1H3,(H,25,30)(H,26,28). The fourth-order valence-electron chi connectivity index (χ4n) is 3.19. The summed E-state index contributed by atoms with van der Waals surface area (Å²) in [5.41, 5.74) is -0.295. The van der Waals surface area contributed by atoms with E-state index in [1.807, 2.05) is 0 Å². The fourth-order valence-corrected chi connectivity index (χ4v) is 3.19. The van der Waals surface area contributed by atoms with E-state index in [0.717, 1.165) is 12.1 Å². The minimum absolute atomic E-state index is 0.00684. The molecule has 1 atom stereocenters. The van der Waals surface area contributed by atoms with Crippen molar-refractivity contribution in [1.29, 1.82) is 0 Å². The van der Waals surface area contributed by atoms with Gasteiger partial charge in [-0.3, -0.25) is 14.4 Å². The molecule has 1 fully saturated rings. The van der Waals surface area contributed by atoms with Crippen LogP contribution in [-0.4, -0.2) is 37.9 Å². The molecule has 0 aliphatic carbocycles. The van der Waals surface area contributed by atoms with Gasteiger partial charge in [0.05, 0.1) is 25.1 Å². The van der Waals surface area contributed by atoms with Gasteiger partial charge >= 0.3 is 6.18 Å². The lowest BCUT2D eigenvalue weighted by molar-refractivity contribution is -0.137. The van der Waals surface area contributed by atoms with E-state index < -0.39 is 36.0 Å². The number of ether oxygens (including phenoxy) is 1. The highest BCUT2D eigenvalue weighted by atomic mass is 19.4. The minimum atomic E-state index is -4.53. The molecule has 0 radical (unpaired) electrons. The molecule has 2 aromatic carbocycles. The largest absolute Gasteiger partial charge is 0.497 e. The first-order valence-corrected chi connectivity index (χ1v) is 9.36. The summed E-state index contributed by atoms with van der Waals surface area (Å²) in [7, 11) is 1.53. The second kappa shape index (κ2) is 9.07. The zero-order valence-electron chi connectivity index (χ0n) is 16.5. The number of carbonyl (C=O) groups excluding carboxylic acids is 3. The van der Waals surface area contributed by atoms with Crippen molar-refractivity contribution in [2.75, 3.05) is 30.4 Å². The Labute approximate surface area is 176 Å². The van der Waals surface area contributed by atoms with Gasteiger partial charge in [-0.15, -0.1) is 0 Å². The van der Waals surface area contributed by atoms with Crippen molar-refractivity contribution in [2.45, 2.75) is 12.6 Å². The zero-order valence-corrected chi connectivity index (χ0v) is 16.5. The van der Waals surface area contributed by atoms with E-state index >= 15 is 0 Å². The number of amides is 3. The second-order valence-corrected chi connectivity index (χ2v) is 6.95. The Morgan fingerprint density at radius 3 is 2.52 bits per heavy atom. The molecule has 1 aliphatic heterocycles. The monoisotopic (exact) mass is 435 g/mol. The Hall–Kier alpha value is -3.56. The summed E-state index contributed by atoms with van der Waals surface area (Å²) in [5.74, 6) is -1.39. The molecule has 1 saturated heterocycles. The Bertz CT molecular complexity index is 977. The number of hydrogen-bond acceptors (Lipinski definition) is 4. The van der Waals surface area contributed by atoms with E-state index in [-0.39, 0.29) is 24.6 Å². The maximum Gasteiger partial charge on any atom is 0.416 e. The van der Waals surface area contributed by atoms with Gasteiger partial charge in [-0.25, -0.2) is 0 Å². The highest BCUT2D eigenvalue weighted by Gasteiger charge is 2.35. The highest BCUT2D eigenvalue weighted by Crippen LogP contribution is 2.30. The van der Waals surface area contributed by atoms with E-state index in [1.165, 1.54) is 24.1 Å². The van der Waals surface area contributed by atoms with Crippen molar-refractivity contribution in [2.24, 2.45) is 5.92 Å². The van der Waals surface area contributed by atoms with Crippen molar-refractivity contribution in [1.82, 2.24) is 5.32 Å². The van der Waals surface area contributed by atoms with Crippen LogP contribution in [0.1, 0.15) is 12.0 Å². The molecule has 2 N–H and O–H groups in total. The van der Waals surface area contributed by atoms with Gasteiger partial charge in [0.25, 0.3) is 0 Å². The SMILES string of the molecule is COc1ccc(N2CC(C(=O)NCC(=O)Nc3cccc(C(F)(F)F)c3)CC2=O)cc1. The first-order chi connectivity index (χ1) is 14.7. The summed E-state index contributed by atoms with van der Waals surface area (Å²) < 4.78 is 43.3. The summed E-state index contributed by atoms with van der Waals surface area (Å²) in [4.78, 5) is 38.1. The van der Waals surface area contributed by atoms with Gasteiger partial charge in [0.2, 0.25) is 17.7 Å². The molecule has 31 heavy (non-hydrogen) atoms. The summed E-state index contributed by atoms with van der Waals surface area (Å²) in [6.45, 7) is -0.269. The van der Waals surface area contributed by atoms with Gasteiger partial charge in [0.15, 0.2) is 0 Å². The van der Waals surface area contributed by atoms with Crippen LogP contribution in [0.25, 0.3) is 0 Å². The van der Waals surface area contributed by atoms with Crippen LogP contribution in [0.5, 0.6) is 5.75 Å². The van der Waals surface area contributed by atoms with Gasteiger partial charge in [-0.05, 0) is 42.5 Å². The van der Waals surface area contributed by atoms with Crippen LogP contribution in [0.2, 0.25) is 0 Å². The van der Waals surface area contributed by atoms with Crippen molar-refractivity contribution in [3.05, 3.63) is 54.1 Å². The number of carbonyl (C=O) groups is 3. The maximum absolute atomic E-state index is 12.7. The molecule has 0 saturated carbocycles. The van der Waals surface area contributed by atoms with Crippen LogP contribution in [0.4, 0.5) is 24.5 Å². The lowest BCUT2D eigenvalue weighted by Gasteiger charge is -2.17. The molecule has 1 heterocycles. The van der Waals surface area contributed by atoms with Crippen LogP contribution >= 0.6 is 0 Å². The Morgan fingerprint density at radius 2 is 1.87 bits per heavy atom. The van der Waals surface area contributed by atoms with Crippen molar-refractivity contribution in [3.8, 4) is 5.75 Å². The summed E-state index contributed by atoms with van der Waals surface area (Å²) in [6, 6.07) is 11.0. The number of benzene rings is 2. The lowest BCUT2D eigenvalue weighted by Crippen LogP contribution is -2.37. The predicted molar refractivity (Wildman–Crippen MR) is 107 cm³/mol. The number of alkyl halides is 3. The molecule has 3 rings (SSSR count). The maximum atomic E-state index is 12.7. The van der Waals surface area contributed by atoms with Gasteiger partial charge in [0.1, 0.15) is 5.75 Å². The minimum Gasteiger partial charge on any atom is -0.497 e. The van der Waals surface area contributed by atoms with Crippen LogP contribution < -0.4 is 20.3 Å². The molecular formula is C21H20F3N3O4. The van der Waals surface area contributed by atoms with E-state index in [9.17, 15) is 27.6 Å². The number of nitrogens with zero attached hydrogens (tertiary/aromatic N) is 1. The summed E-state index contributed by atoms with van der Waals surface area (Å²) in [6.07, 6.45) is -4.53. The normalized spacial score (nSPS) is 16.2. The van der Waals surface area contributed by atoms with Gasteiger partial charge in [-0.1, -0.05) is 6.07 Å². The molecule has 0 spiro atoms. The van der Waals surface area contributed by atoms with E-state index in [1.54, 1.807) is 24.3 Å². The van der Waals surface area contributed by atoms with Crippen molar-refractivity contribution < 1.29 is 32.3 Å². The molecule has 3 amide bonds. The molecule has 1 aliphatic rings. The van der Waals surface area contributed by atoms with E-state index in [0.29, 0.717) is 11.4 Å². The lowest BCUT2D eigenvalue weighted by atomic mass is 10.1. The zero-order chi connectivity index (χ0) is 22.6.